The normalized spacial score (nSPS) is 20.4. The molecule has 1 atom stereocenters. The highest BCUT2D eigenvalue weighted by molar-refractivity contribution is 6.30. The average Bonchev–Trinajstić information content (AvgIpc) is 3.14. The minimum Gasteiger partial charge on any atom is -0.346 e. The Morgan fingerprint density at radius 1 is 0.960 bits per heavy atom. The van der Waals surface area contributed by atoms with E-state index in [2.05, 4.69) is 41.3 Å². The van der Waals surface area contributed by atoms with Crippen LogP contribution in [0.5, 0.6) is 0 Å². The van der Waals surface area contributed by atoms with Gasteiger partial charge in [0, 0.05) is 29.6 Å². The third-order valence-corrected chi connectivity index (χ3v) is 5.08. The summed E-state index contributed by atoms with van der Waals surface area (Å²) in [7, 11) is 0. The van der Waals surface area contributed by atoms with Crippen LogP contribution in [0, 0.1) is 5.92 Å². The predicted molar refractivity (Wildman–Crippen MR) is 95.5 cm³/mol. The van der Waals surface area contributed by atoms with Gasteiger partial charge in [-0.15, -0.1) is 0 Å². The van der Waals surface area contributed by atoms with Crippen LogP contribution in [0.15, 0.2) is 48.5 Å². The Balaban J connectivity index is 1.60. The van der Waals surface area contributed by atoms with Gasteiger partial charge in [0.05, 0.1) is 19.3 Å². The largest absolute Gasteiger partial charge is 0.346 e. The van der Waals surface area contributed by atoms with Crippen LogP contribution in [-0.2, 0) is 14.3 Å². The summed E-state index contributed by atoms with van der Waals surface area (Å²) < 4.78 is 11.1. The van der Waals surface area contributed by atoms with Crippen LogP contribution >= 0.6 is 11.6 Å². The Bertz CT molecular complexity index is 720. The van der Waals surface area contributed by atoms with E-state index in [1.165, 1.54) is 11.1 Å². The molecule has 25 heavy (non-hydrogen) atoms. The maximum absolute atomic E-state index is 11.0. The fraction of sp³-hybridized carbons (Fsp3) is 0.350. The third-order valence-electron chi connectivity index (χ3n) is 4.83. The number of carbonyl (C=O) groups is 1. The zero-order valence-electron chi connectivity index (χ0n) is 13.8. The highest BCUT2D eigenvalue weighted by Crippen LogP contribution is 2.35. The van der Waals surface area contributed by atoms with Gasteiger partial charge in [-0.25, -0.2) is 0 Å². The van der Waals surface area contributed by atoms with Crippen LogP contribution in [0.4, 0.5) is 0 Å². The van der Waals surface area contributed by atoms with Crippen molar-refractivity contribution in [3.63, 3.8) is 0 Å². The number of likely N-dealkylation sites (tertiary alicyclic amines) is 1. The van der Waals surface area contributed by atoms with Gasteiger partial charge in [-0.05, 0) is 23.3 Å². The molecule has 2 aliphatic rings. The van der Waals surface area contributed by atoms with Crippen LogP contribution in [0.2, 0.25) is 5.02 Å². The molecule has 4 rings (SSSR count). The van der Waals surface area contributed by atoms with Crippen molar-refractivity contribution < 1.29 is 14.3 Å². The molecule has 0 amide bonds. The molecule has 5 heteroatoms. The molecule has 2 aromatic rings. The number of hydrogen-bond donors (Lipinski definition) is 0. The average molecular weight is 358 g/mol. The van der Waals surface area contributed by atoms with E-state index in [-0.39, 0.29) is 18.2 Å². The minimum absolute atomic E-state index is 0.118. The standard InChI is InChI=1S/C20H20ClNO3/c21-18-7-5-16(6-8-18)19(22-11-14(12-22)13-23)15-1-3-17(4-2-15)20-24-9-10-25-20/h1-8,13-14,19-20H,9-12H2. The maximum atomic E-state index is 11.0. The Morgan fingerprint density at radius 3 is 2.08 bits per heavy atom. The van der Waals surface area contributed by atoms with E-state index in [0.717, 1.165) is 30.0 Å². The fourth-order valence-electron chi connectivity index (χ4n) is 3.49. The number of aldehydes is 1. The monoisotopic (exact) mass is 357 g/mol. The summed E-state index contributed by atoms with van der Waals surface area (Å²) >= 11 is 6.04. The van der Waals surface area contributed by atoms with Gasteiger partial charge in [0.2, 0.25) is 0 Å². The number of ether oxygens (including phenoxy) is 2. The third kappa shape index (κ3) is 3.48. The molecule has 0 aromatic heterocycles. The number of rotatable bonds is 5. The van der Waals surface area contributed by atoms with Gasteiger partial charge in [0.1, 0.15) is 6.29 Å². The highest BCUT2D eigenvalue weighted by atomic mass is 35.5. The molecule has 2 saturated heterocycles. The summed E-state index contributed by atoms with van der Waals surface area (Å²) in [6.45, 7) is 2.85. The first-order valence-corrected chi connectivity index (χ1v) is 8.90. The molecule has 2 aromatic carbocycles. The maximum Gasteiger partial charge on any atom is 0.184 e. The van der Waals surface area contributed by atoms with E-state index in [9.17, 15) is 4.79 Å². The van der Waals surface area contributed by atoms with Gasteiger partial charge < -0.3 is 14.3 Å². The SMILES string of the molecule is O=CC1CN(C(c2ccc(Cl)cc2)c2ccc(C3OCCO3)cc2)C1. The van der Waals surface area contributed by atoms with Crippen molar-refractivity contribution >= 4 is 17.9 Å². The molecule has 4 nitrogen and oxygen atoms in total. The van der Waals surface area contributed by atoms with E-state index in [1.807, 2.05) is 12.1 Å². The first-order chi connectivity index (χ1) is 12.2. The molecule has 0 radical (unpaired) electrons. The van der Waals surface area contributed by atoms with Crippen LogP contribution < -0.4 is 0 Å². The first kappa shape index (κ1) is 16.7. The van der Waals surface area contributed by atoms with Crippen LogP contribution in [0.3, 0.4) is 0 Å². The molecular weight excluding hydrogens is 338 g/mol. The van der Waals surface area contributed by atoms with E-state index >= 15 is 0 Å². The van der Waals surface area contributed by atoms with Gasteiger partial charge in [-0.2, -0.15) is 0 Å². The fourth-order valence-corrected chi connectivity index (χ4v) is 3.62. The summed E-state index contributed by atoms with van der Waals surface area (Å²) in [6.07, 6.45) is 0.791. The number of carbonyl (C=O) groups excluding carboxylic acids is 1. The van der Waals surface area contributed by atoms with E-state index in [1.54, 1.807) is 0 Å². The molecule has 1 unspecified atom stereocenters. The lowest BCUT2D eigenvalue weighted by atomic mass is 9.90. The lowest BCUT2D eigenvalue weighted by Gasteiger charge is -2.42. The summed E-state index contributed by atoms with van der Waals surface area (Å²) in [4.78, 5) is 13.3. The molecule has 0 spiro atoms. The van der Waals surface area contributed by atoms with Crippen LogP contribution in [0.25, 0.3) is 0 Å². The number of hydrogen-bond acceptors (Lipinski definition) is 4. The van der Waals surface area contributed by atoms with Crippen molar-refractivity contribution in [2.24, 2.45) is 5.92 Å². The predicted octanol–water partition coefficient (Wildman–Crippen LogP) is 3.61. The number of benzene rings is 2. The topological polar surface area (TPSA) is 38.8 Å². The molecule has 2 aliphatic heterocycles. The van der Waals surface area contributed by atoms with E-state index in [0.29, 0.717) is 13.2 Å². The second-order valence-electron chi connectivity index (χ2n) is 6.54. The number of halogens is 1. The lowest BCUT2D eigenvalue weighted by molar-refractivity contribution is -0.116. The van der Waals surface area contributed by atoms with Crippen molar-refractivity contribution in [2.45, 2.75) is 12.3 Å². The van der Waals surface area contributed by atoms with Gasteiger partial charge in [0.25, 0.3) is 0 Å². The van der Waals surface area contributed by atoms with Gasteiger partial charge in [0.15, 0.2) is 6.29 Å². The van der Waals surface area contributed by atoms with E-state index in [4.69, 9.17) is 21.1 Å². The molecule has 0 bridgehead atoms. The van der Waals surface area contributed by atoms with Gasteiger partial charge >= 0.3 is 0 Å². The molecule has 2 heterocycles. The van der Waals surface area contributed by atoms with Crippen molar-refractivity contribution in [2.75, 3.05) is 26.3 Å². The summed E-state index contributed by atoms with van der Waals surface area (Å²) in [5, 5.41) is 0.725. The van der Waals surface area contributed by atoms with Crippen LogP contribution in [-0.4, -0.2) is 37.5 Å². The lowest BCUT2D eigenvalue weighted by Crippen LogP contribution is -2.49. The molecule has 0 saturated carbocycles. The minimum atomic E-state index is -0.258. The van der Waals surface area contributed by atoms with Crippen molar-refractivity contribution in [1.29, 1.82) is 0 Å². The zero-order valence-corrected chi connectivity index (χ0v) is 14.6. The van der Waals surface area contributed by atoms with Crippen LogP contribution in [0.1, 0.15) is 29.0 Å². The summed E-state index contributed by atoms with van der Waals surface area (Å²) in [5.74, 6) is 0.134. The zero-order chi connectivity index (χ0) is 17.2. The molecule has 130 valence electrons. The first-order valence-electron chi connectivity index (χ1n) is 8.52. The summed E-state index contributed by atoms with van der Waals surface area (Å²) in [5.41, 5.74) is 3.40. The van der Waals surface area contributed by atoms with Crippen molar-refractivity contribution in [3.8, 4) is 0 Å². The Kier molecular flexibility index (Phi) is 4.86. The molecule has 0 aliphatic carbocycles. The Labute approximate surface area is 152 Å². The van der Waals surface area contributed by atoms with Gasteiger partial charge in [-0.1, -0.05) is 48.0 Å². The van der Waals surface area contributed by atoms with Crippen molar-refractivity contribution in [1.82, 2.24) is 4.90 Å². The van der Waals surface area contributed by atoms with Gasteiger partial charge in [-0.3, -0.25) is 4.90 Å². The molecule has 2 fully saturated rings. The van der Waals surface area contributed by atoms with E-state index < -0.39 is 0 Å². The Morgan fingerprint density at radius 2 is 1.52 bits per heavy atom. The van der Waals surface area contributed by atoms with Crippen molar-refractivity contribution in [3.05, 3.63) is 70.2 Å². The molecular formula is C20H20ClNO3. The number of nitrogens with zero attached hydrogens (tertiary/aromatic N) is 1. The summed E-state index contributed by atoms with van der Waals surface area (Å²) in [6, 6.07) is 16.4. The highest BCUT2D eigenvalue weighted by Gasteiger charge is 2.33. The smallest absolute Gasteiger partial charge is 0.184 e. The second kappa shape index (κ2) is 7.26. The second-order valence-corrected chi connectivity index (χ2v) is 6.98. The molecule has 0 N–H and O–H groups in total. The Hall–Kier alpha value is -1.72. The quantitative estimate of drug-likeness (QED) is 0.766.